The number of amidine groups is 1. The van der Waals surface area contributed by atoms with Crippen LogP contribution >= 0.6 is 11.8 Å². The summed E-state index contributed by atoms with van der Waals surface area (Å²) >= 11 is 1.64. The number of aryl methyl sites for hydroxylation is 3. The van der Waals surface area contributed by atoms with Gasteiger partial charge in [0.15, 0.2) is 11.0 Å². The van der Waals surface area contributed by atoms with Crippen molar-refractivity contribution in [1.29, 1.82) is 0 Å². The largest absolute Gasteiger partial charge is 0.573 e. The molecular weight excluding hydrogens is 625 g/mol. The fourth-order valence-electron chi connectivity index (χ4n) is 5.44. The summed E-state index contributed by atoms with van der Waals surface area (Å²) in [6.07, 6.45) is 2.42. The maximum absolute atomic E-state index is 12.9. The number of carbonyl (C=O) groups is 1. The van der Waals surface area contributed by atoms with E-state index < -0.39 is 6.36 Å². The van der Waals surface area contributed by atoms with Crippen LogP contribution in [0.15, 0.2) is 78.0 Å². The van der Waals surface area contributed by atoms with Crippen LogP contribution in [-0.2, 0) is 12.8 Å². The highest BCUT2D eigenvalue weighted by Crippen LogP contribution is 2.30. The number of carbonyl (C=O) groups excluding carboxylic acids is 1. The second kappa shape index (κ2) is 15.5. The monoisotopic (exact) mass is 664 g/mol. The molecule has 2 heterocycles. The number of benzene rings is 3. The normalized spacial score (nSPS) is 15.1. The third-order valence-electron chi connectivity index (χ3n) is 7.75. The number of thioether (sulfide) groups is 1. The highest BCUT2D eigenvalue weighted by Gasteiger charge is 2.31. The molecule has 1 unspecified atom stereocenters. The number of aliphatic imine (C=N–C) groups is 1. The number of nitrogens with one attached hydrogen (secondary N) is 1. The van der Waals surface area contributed by atoms with Crippen molar-refractivity contribution in [3.05, 3.63) is 89.7 Å². The molecule has 1 saturated heterocycles. The zero-order valence-corrected chi connectivity index (χ0v) is 27.6. The molecule has 1 aromatic heterocycles. The predicted octanol–water partition coefficient (Wildman–Crippen LogP) is 8.51. The summed E-state index contributed by atoms with van der Waals surface area (Å²) in [5.41, 5.74) is 6.18. The van der Waals surface area contributed by atoms with Crippen LogP contribution in [0.2, 0.25) is 0 Å². The maximum atomic E-state index is 12.9. The minimum absolute atomic E-state index is 0.0231. The van der Waals surface area contributed by atoms with Gasteiger partial charge in [0.2, 0.25) is 0 Å². The van der Waals surface area contributed by atoms with Crippen LogP contribution in [0.3, 0.4) is 0 Å². The van der Waals surface area contributed by atoms with Crippen LogP contribution in [0.1, 0.15) is 56.2 Å². The van der Waals surface area contributed by atoms with E-state index in [1.807, 2.05) is 31.2 Å². The Bertz CT molecular complexity index is 1670. The fourth-order valence-corrected chi connectivity index (χ4v) is 6.39. The lowest BCUT2D eigenvalue weighted by molar-refractivity contribution is -0.274. The van der Waals surface area contributed by atoms with Crippen LogP contribution in [-0.4, -0.2) is 50.7 Å². The molecule has 47 heavy (non-hydrogen) atoms. The minimum atomic E-state index is -4.74. The number of nitrogens with zero attached hydrogens (tertiary/aromatic N) is 5. The number of rotatable bonds is 11. The Balaban J connectivity index is 1.11. The van der Waals surface area contributed by atoms with E-state index in [4.69, 9.17) is 0 Å². The molecule has 0 bridgehead atoms. The summed E-state index contributed by atoms with van der Waals surface area (Å²) in [6.45, 7) is 7.13. The number of amides is 2. The van der Waals surface area contributed by atoms with E-state index in [9.17, 15) is 18.0 Å². The highest BCUT2D eigenvalue weighted by atomic mass is 32.2. The van der Waals surface area contributed by atoms with E-state index >= 15 is 0 Å². The van der Waals surface area contributed by atoms with E-state index in [0.29, 0.717) is 11.5 Å². The van der Waals surface area contributed by atoms with Gasteiger partial charge in [0.05, 0.1) is 5.69 Å². The van der Waals surface area contributed by atoms with Gasteiger partial charge in [0.1, 0.15) is 12.1 Å². The van der Waals surface area contributed by atoms with Gasteiger partial charge in [0.25, 0.3) is 0 Å². The maximum Gasteiger partial charge on any atom is 0.573 e. The molecule has 5 rings (SSSR count). The molecular formula is C35H39F3N6O2S. The molecule has 248 valence electrons. The van der Waals surface area contributed by atoms with Gasteiger partial charge in [-0.25, -0.2) is 14.5 Å². The zero-order chi connectivity index (χ0) is 33.4. The predicted molar refractivity (Wildman–Crippen MR) is 181 cm³/mol. The van der Waals surface area contributed by atoms with Crippen LogP contribution in [0.25, 0.3) is 17.1 Å². The average Bonchev–Trinajstić information content (AvgIpc) is 3.53. The van der Waals surface area contributed by atoms with E-state index in [1.54, 1.807) is 11.8 Å². The molecule has 4 aromatic rings. The van der Waals surface area contributed by atoms with Crippen molar-refractivity contribution in [1.82, 2.24) is 20.1 Å². The number of aromatic nitrogens is 3. The van der Waals surface area contributed by atoms with E-state index in [1.165, 1.54) is 46.4 Å². The summed E-state index contributed by atoms with van der Waals surface area (Å²) in [5.74, 6) is 1.15. The van der Waals surface area contributed by atoms with Gasteiger partial charge in [-0.3, -0.25) is 0 Å². The number of hydrogen-bond acceptors (Lipinski definition) is 5. The lowest BCUT2D eigenvalue weighted by atomic mass is 10.0. The Kier molecular flexibility index (Phi) is 11.2. The summed E-state index contributed by atoms with van der Waals surface area (Å²) < 4.78 is 42.7. The standard InChI is InChI=1S/C35H39F3N6O2S/c1-4-7-27-13-10-24(2)22-31(27)43-20-6-21-47-34(43)41-33(45)40-25(3)8-5-9-26-11-14-28(15-12-26)32-39-23-44(42-32)29-16-18-30(19-17-29)46-35(36,37)38/h10-19,22-23,25H,4-9,20-21H2,1-3H3,(H,40,45). The molecule has 1 atom stereocenters. The third-order valence-corrected chi connectivity index (χ3v) is 8.81. The van der Waals surface area contributed by atoms with Gasteiger partial charge in [-0.05, 0) is 93.0 Å². The second-order valence-corrected chi connectivity index (χ2v) is 12.7. The van der Waals surface area contributed by atoms with E-state index in [2.05, 4.69) is 62.1 Å². The van der Waals surface area contributed by atoms with Gasteiger partial charge < -0.3 is 15.0 Å². The number of halogens is 3. The lowest BCUT2D eigenvalue weighted by Crippen LogP contribution is -2.37. The van der Waals surface area contributed by atoms with Crippen molar-refractivity contribution in [3.63, 3.8) is 0 Å². The van der Waals surface area contributed by atoms with Gasteiger partial charge >= 0.3 is 12.4 Å². The topological polar surface area (TPSA) is 84.6 Å². The van der Waals surface area contributed by atoms with Gasteiger partial charge in [-0.2, -0.15) is 4.99 Å². The molecule has 1 aliphatic rings. The summed E-state index contributed by atoms with van der Waals surface area (Å²) in [6, 6.07) is 19.6. The zero-order valence-electron chi connectivity index (χ0n) is 26.8. The van der Waals surface area contributed by atoms with Crippen LogP contribution in [0.5, 0.6) is 5.75 Å². The SMILES string of the molecule is CCCc1ccc(C)cc1N1CCCSC1=NC(=O)NC(C)CCCc1ccc(-c2ncn(-c3ccc(OC(F)(F)F)cc3)n2)cc1. The number of ether oxygens (including phenoxy) is 1. The molecule has 0 radical (unpaired) electrons. The van der Waals surface area contributed by atoms with Gasteiger partial charge in [-0.15, -0.1) is 18.3 Å². The van der Waals surface area contributed by atoms with Crippen LogP contribution in [0, 0.1) is 6.92 Å². The van der Waals surface area contributed by atoms with Crippen molar-refractivity contribution in [2.24, 2.45) is 4.99 Å². The molecule has 8 nitrogen and oxygen atoms in total. The number of alkyl halides is 3. The Labute approximate surface area is 277 Å². The molecule has 1 aliphatic heterocycles. The number of hydrogen-bond donors (Lipinski definition) is 1. The summed E-state index contributed by atoms with van der Waals surface area (Å²) in [7, 11) is 0. The summed E-state index contributed by atoms with van der Waals surface area (Å²) in [5, 5.41) is 8.28. The molecule has 0 aliphatic carbocycles. The van der Waals surface area contributed by atoms with Crippen molar-refractivity contribution >= 4 is 28.6 Å². The molecule has 1 fully saturated rings. The number of anilines is 1. The van der Waals surface area contributed by atoms with Crippen LogP contribution < -0.4 is 15.0 Å². The molecule has 0 saturated carbocycles. The quantitative estimate of drug-likeness (QED) is 0.173. The average molecular weight is 665 g/mol. The Morgan fingerprint density at radius 2 is 1.85 bits per heavy atom. The molecule has 3 aromatic carbocycles. The summed E-state index contributed by atoms with van der Waals surface area (Å²) in [4.78, 5) is 24.0. The first kappa shape index (κ1) is 34.0. The Hall–Kier alpha value is -4.32. The van der Waals surface area contributed by atoms with Crippen molar-refractivity contribution < 1.29 is 22.7 Å². The minimum Gasteiger partial charge on any atom is -0.406 e. The van der Waals surface area contributed by atoms with Gasteiger partial charge in [-0.1, -0.05) is 61.5 Å². The van der Waals surface area contributed by atoms with Crippen molar-refractivity contribution in [2.75, 3.05) is 17.2 Å². The van der Waals surface area contributed by atoms with Crippen molar-refractivity contribution in [3.8, 4) is 22.8 Å². The van der Waals surface area contributed by atoms with E-state index in [0.717, 1.165) is 72.8 Å². The number of urea groups is 1. The third kappa shape index (κ3) is 9.60. The first-order valence-electron chi connectivity index (χ1n) is 15.8. The van der Waals surface area contributed by atoms with Gasteiger partial charge in [0, 0.05) is 29.6 Å². The second-order valence-electron chi connectivity index (χ2n) is 11.6. The Morgan fingerprint density at radius 3 is 2.57 bits per heavy atom. The first-order valence-corrected chi connectivity index (χ1v) is 16.8. The first-order chi connectivity index (χ1) is 22.6. The Morgan fingerprint density at radius 1 is 1.09 bits per heavy atom. The van der Waals surface area contributed by atoms with Crippen LogP contribution in [0.4, 0.5) is 23.7 Å². The van der Waals surface area contributed by atoms with E-state index in [-0.39, 0.29) is 17.8 Å². The highest BCUT2D eigenvalue weighted by molar-refractivity contribution is 8.14. The molecule has 12 heteroatoms. The molecule has 2 amide bonds. The van der Waals surface area contributed by atoms with Crippen molar-refractivity contribution in [2.45, 2.75) is 71.7 Å². The lowest BCUT2D eigenvalue weighted by Gasteiger charge is -2.31. The smallest absolute Gasteiger partial charge is 0.406 e. The molecule has 1 N–H and O–H groups in total. The molecule has 0 spiro atoms. The fraction of sp³-hybridized carbons (Fsp3) is 0.371.